The highest BCUT2D eigenvalue weighted by Crippen LogP contribution is 2.14. The van der Waals surface area contributed by atoms with E-state index in [4.69, 9.17) is 0 Å². The largest absolute Gasteiger partial charge is 0.349 e. The zero-order valence-electron chi connectivity index (χ0n) is 11.3. The van der Waals surface area contributed by atoms with E-state index in [2.05, 4.69) is 4.99 Å². The van der Waals surface area contributed by atoms with Gasteiger partial charge in [-0.3, -0.25) is 14.9 Å². The van der Waals surface area contributed by atoms with Crippen LogP contribution >= 0.6 is 0 Å². The molecule has 19 heavy (non-hydrogen) atoms. The van der Waals surface area contributed by atoms with Gasteiger partial charge >= 0.3 is 0 Å². The fourth-order valence-electron chi connectivity index (χ4n) is 1.51. The predicted molar refractivity (Wildman–Crippen MR) is 72.2 cm³/mol. The summed E-state index contributed by atoms with van der Waals surface area (Å²) in [6.45, 7) is 0. The van der Waals surface area contributed by atoms with Gasteiger partial charge in [-0.15, -0.1) is 0 Å². The smallest absolute Gasteiger partial charge is 0.280 e. The van der Waals surface area contributed by atoms with Gasteiger partial charge in [0.05, 0.1) is 4.92 Å². The van der Waals surface area contributed by atoms with E-state index in [9.17, 15) is 14.9 Å². The van der Waals surface area contributed by atoms with Crippen molar-refractivity contribution in [1.29, 1.82) is 0 Å². The van der Waals surface area contributed by atoms with Gasteiger partial charge in [0, 0.05) is 45.9 Å². The third kappa shape index (κ3) is 3.77. The number of carbonyl (C=O) groups is 1. The Morgan fingerprint density at radius 3 is 2.26 bits per heavy atom. The monoisotopic (exact) mass is 264 g/mol. The molecule has 102 valence electrons. The molecule has 0 unspecified atom stereocenters. The van der Waals surface area contributed by atoms with Gasteiger partial charge in [-0.1, -0.05) is 6.07 Å². The first-order valence-electron chi connectivity index (χ1n) is 5.55. The number of amides is 1. The van der Waals surface area contributed by atoms with Gasteiger partial charge in [-0.25, -0.2) is 0 Å². The Morgan fingerprint density at radius 1 is 1.21 bits per heavy atom. The van der Waals surface area contributed by atoms with Crippen LogP contribution in [0.3, 0.4) is 0 Å². The first-order valence-corrected chi connectivity index (χ1v) is 5.55. The number of nitrogens with zero attached hydrogens (tertiary/aromatic N) is 4. The van der Waals surface area contributed by atoms with E-state index in [0.717, 1.165) is 0 Å². The summed E-state index contributed by atoms with van der Waals surface area (Å²) in [5.74, 6) is -0.0439. The number of carbonyl (C=O) groups excluding carboxylic acids is 1. The summed E-state index contributed by atoms with van der Waals surface area (Å²) >= 11 is 0. The van der Waals surface area contributed by atoms with E-state index >= 15 is 0 Å². The molecule has 7 heteroatoms. The molecule has 0 spiro atoms. The van der Waals surface area contributed by atoms with E-state index in [1.54, 1.807) is 38.0 Å². The standard InChI is InChI=1S/C12H16N4O3/c1-14(2)12(15(3)4)13-11(17)9-6-5-7-10(8-9)16(18)19/h5-8H,1-4H3. The maximum atomic E-state index is 12.0. The molecule has 0 radical (unpaired) electrons. The van der Waals surface area contributed by atoms with Gasteiger partial charge in [-0.2, -0.15) is 4.99 Å². The minimum atomic E-state index is -0.542. The molecular formula is C12H16N4O3. The van der Waals surface area contributed by atoms with E-state index < -0.39 is 10.8 Å². The molecule has 0 aromatic heterocycles. The van der Waals surface area contributed by atoms with E-state index in [1.807, 2.05) is 0 Å². The van der Waals surface area contributed by atoms with E-state index in [-0.39, 0.29) is 11.3 Å². The van der Waals surface area contributed by atoms with Gasteiger partial charge < -0.3 is 9.80 Å². The highest BCUT2D eigenvalue weighted by Gasteiger charge is 2.13. The van der Waals surface area contributed by atoms with Crippen molar-refractivity contribution >= 4 is 17.6 Å². The summed E-state index contributed by atoms with van der Waals surface area (Å²) in [6.07, 6.45) is 0. The minimum absolute atomic E-state index is 0.127. The lowest BCUT2D eigenvalue weighted by Gasteiger charge is -2.22. The summed E-state index contributed by atoms with van der Waals surface area (Å²) in [6, 6.07) is 5.52. The maximum Gasteiger partial charge on any atom is 0.280 e. The van der Waals surface area contributed by atoms with Crippen molar-refractivity contribution in [1.82, 2.24) is 9.80 Å². The molecule has 0 aliphatic rings. The Labute approximate surface area is 111 Å². The van der Waals surface area contributed by atoms with E-state index in [1.165, 1.54) is 24.3 Å². The van der Waals surface area contributed by atoms with Crippen LogP contribution < -0.4 is 0 Å². The third-order valence-corrected chi connectivity index (χ3v) is 2.31. The van der Waals surface area contributed by atoms with Crippen LogP contribution in [0.15, 0.2) is 29.3 Å². The van der Waals surface area contributed by atoms with Crippen LogP contribution in [0.5, 0.6) is 0 Å². The average Bonchev–Trinajstić information content (AvgIpc) is 2.34. The summed E-state index contributed by atoms with van der Waals surface area (Å²) < 4.78 is 0. The number of rotatable bonds is 2. The van der Waals surface area contributed by atoms with Gasteiger partial charge in [-0.05, 0) is 6.07 Å². The van der Waals surface area contributed by atoms with Crippen LogP contribution in [0, 0.1) is 10.1 Å². The maximum absolute atomic E-state index is 12.0. The molecule has 0 saturated carbocycles. The lowest BCUT2D eigenvalue weighted by molar-refractivity contribution is -0.384. The first-order chi connectivity index (χ1) is 8.82. The SMILES string of the molecule is CN(C)C(=NC(=O)c1cccc([N+](=O)[O-])c1)N(C)C. The van der Waals surface area contributed by atoms with Crippen LogP contribution in [0.25, 0.3) is 0 Å². The molecule has 0 aliphatic heterocycles. The summed E-state index contributed by atoms with van der Waals surface area (Å²) in [4.78, 5) is 29.4. The molecular weight excluding hydrogens is 248 g/mol. The minimum Gasteiger partial charge on any atom is -0.349 e. The van der Waals surface area contributed by atoms with Crippen molar-refractivity contribution in [3.8, 4) is 0 Å². The van der Waals surface area contributed by atoms with Crippen molar-refractivity contribution in [3.63, 3.8) is 0 Å². The van der Waals surface area contributed by atoms with Crippen molar-refractivity contribution < 1.29 is 9.72 Å². The Hall–Kier alpha value is -2.44. The number of guanidine groups is 1. The quantitative estimate of drug-likeness (QED) is 0.347. The van der Waals surface area contributed by atoms with Crippen LogP contribution in [0.4, 0.5) is 5.69 Å². The Morgan fingerprint density at radius 2 is 1.79 bits per heavy atom. The summed E-state index contributed by atoms with van der Waals surface area (Å²) in [5, 5.41) is 10.7. The van der Waals surface area contributed by atoms with Crippen molar-refractivity contribution in [3.05, 3.63) is 39.9 Å². The van der Waals surface area contributed by atoms with Crippen molar-refractivity contribution in [2.24, 2.45) is 4.99 Å². The molecule has 1 aromatic rings. The number of hydrogen-bond donors (Lipinski definition) is 0. The predicted octanol–water partition coefficient (Wildman–Crippen LogP) is 1.21. The average molecular weight is 264 g/mol. The summed E-state index contributed by atoms with van der Waals surface area (Å²) in [7, 11) is 7.05. The van der Waals surface area contributed by atoms with Crippen LogP contribution in [-0.4, -0.2) is 54.8 Å². The zero-order valence-corrected chi connectivity index (χ0v) is 11.3. The van der Waals surface area contributed by atoms with E-state index in [0.29, 0.717) is 5.96 Å². The highest BCUT2D eigenvalue weighted by atomic mass is 16.6. The second kappa shape index (κ2) is 5.94. The van der Waals surface area contributed by atoms with Crippen LogP contribution in [0.1, 0.15) is 10.4 Å². The van der Waals surface area contributed by atoms with Crippen molar-refractivity contribution in [2.45, 2.75) is 0 Å². The zero-order chi connectivity index (χ0) is 14.6. The van der Waals surface area contributed by atoms with Crippen LogP contribution in [-0.2, 0) is 0 Å². The molecule has 0 saturated heterocycles. The second-order valence-electron chi connectivity index (χ2n) is 4.31. The Kier molecular flexibility index (Phi) is 4.57. The lowest BCUT2D eigenvalue weighted by Crippen LogP contribution is -2.36. The first kappa shape index (κ1) is 14.6. The second-order valence-corrected chi connectivity index (χ2v) is 4.31. The molecule has 1 aromatic carbocycles. The number of aliphatic imine (C=N–C) groups is 1. The number of non-ortho nitro benzene ring substituents is 1. The van der Waals surface area contributed by atoms with Gasteiger partial charge in [0.2, 0.25) is 5.96 Å². The third-order valence-electron chi connectivity index (χ3n) is 2.31. The molecule has 1 amide bonds. The fourth-order valence-corrected chi connectivity index (χ4v) is 1.51. The topological polar surface area (TPSA) is 79.0 Å². The highest BCUT2D eigenvalue weighted by molar-refractivity contribution is 6.02. The molecule has 0 heterocycles. The molecule has 0 N–H and O–H groups in total. The van der Waals surface area contributed by atoms with Gasteiger partial charge in [0.15, 0.2) is 0 Å². The van der Waals surface area contributed by atoms with Gasteiger partial charge in [0.25, 0.3) is 11.6 Å². The summed E-state index contributed by atoms with van der Waals surface area (Å²) in [5.41, 5.74) is 0.0627. The Balaban J connectivity index is 3.10. The number of hydrogen-bond acceptors (Lipinski definition) is 3. The molecule has 0 bridgehead atoms. The number of nitro groups is 1. The number of nitro benzene ring substituents is 1. The molecule has 0 fully saturated rings. The molecule has 7 nitrogen and oxygen atoms in total. The van der Waals surface area contributed by atoms with Gasteiger partial charge in [0.1, 0.15) is 0 Å². The molecule has 1 rings (SSSR count). The normalized spacial score (nSPS) is 9.68. The lowest BCUT2D eigenvalue weighted by atomic mass is 10.2. The molecule has 0 atom stereocenters. The molecule has 0 aliphatic carbocycles. The van der Waals surface area contributed by atoms with Crippen molar-refractivity contribution in [2.75, 3.05) is 28.2 Å². The number of benzene rings is 1. The Bertz CT molecular complexity index is 513. The fraction of sp³-hybridized carbons (Fsp3) is 0.333. The van der Waals surface area contributed by atoms with Crippen LogP contribution in [0.2, 0.25) is 0 Å².